The number of benzene rings is 2. The van der Waals surface area contributed by atoms with Crippen molar-refractivity contribution in [2.45, 2.75) is 6.42 Å². The number of aromatic nitrogens is 1. The summed E-state index contributed by atoms with van der Waals surface area (Å²) in [6.07, 6.45) is 4.65. The van der Waals surface area contributed by atoms with Crippen LogP contribution >= 0.6 is 0 Å². The fraction of sp³-hybridized carbons (Fsp3) is 0.280. The molecule has 0 saturated carbocycles. The number of non-ortho nitro benzene ring substituents is 1. The van der Waals surface area contributed by atoms with Gasteiger partial charge < -0.3 is 15.0 Å². The first kappa shape index (κ1) is 23.2. The molecular formula is C25H27N5O4. The molecule has 0 aliphatic carbocycles. The van der Waals surface area contributed by atoms with Crippen molar-refractivity contribution in [2.75, 3.05) is 49.5 Å². The second kappa shape index (κ2) is 11.2. The average Bonchev–Trinajstić information content (AvgIpc) is 2.88. The van der Waals surface area contributed by atoms with Crippen LogP contribution in [0.25, 0.3) is 0 Å². The highest BCUT2D eigenvalue weighted by atomic mass is 16.6. The summed E-state index contributed by atoms with van der Waals surface area (Å²) in [5, 5.41) is 13.8. The summed E-state index contributed by atoms with van der Waals surface area (Å²) < 4.78 is 5.45. The molecule has 1 aromatic heterocycles. The molecule has 0 spiro atoms. The minimum atomic E-state index is -0.498. The number of nitro benzene ring substituents is 1. The first-order chi connectivity index (χ1) is 16.6. The van der Waals surface area contributed by atoms with E-state index in [0.29, 0.717) is 0 Å². The van der Waals surface area contributed by atoms with Crippen molar-refractivity contribution >= 4 is 23.0 Å². The molecule has 1 saturated heterocycles. The van der Waals surface area contributed by atoms with E-state index in [-0.39, 0.29) is 24.0 Å². The van der Waals surface area contributed by atoms with Crippen LogP contribution in [0.2, 0.25) is 0 Å². The Morgan fingerprint density at radius 1 is 1.03 bits per heavy atom. The molecule has 0 atom stereocenters. The van der Waals surface area contributed by atoms with Gasteiger partial charge in [0, 0.05) is 51.2 Å². The molecule has 3 aromatic rings. The van der Waals surface area contributed by atoms with Crippen molar-refractivity contribution in [3.63, 3.8) is 0 Å². The Bertz CT molecular complexity index is 1120. The van der Waals surface area contributed by atoms with Gasteiger partial charge >= 0.3 is 0 Å². The lowest BCUT2D eigenvalue weighted by Gasteiger charge is -2.37. The van der Waals surface area contributed by atoms with Crippen LogP contribution in [0.4, 0.5) is 17.1 Å². The van der Waals surface area contributed by atoms with Gasteiger partial charge in [-0.25, -0.2) is 0 Å². The van der Waals surface area contributed by atoms with Crippen molar-refractivity contribution in [1.29, 1.82) is 0 Å². The number of carbonyl (C=O) groups is 1. The highest BCUT2D eigenvalue weighted by Gasteiger charge is 2.20. The topological polar surface area (TPSA) is 101 Å². The third kappa shape index (κ3) is 6.29. The number of para-hydroxylation sites is 2. The number of ether oxygens (including phenoxy) is 1. The maximum Gasteiger partial charge on any atom is 0.273 e. The number of nitrogens with zero attached hydrogens (tertiary/aromatic N) is 4. The van der Waals surface area contributed by atoms with E-state index < -0.39 is 4.92 Å². The predicted molar refractivity (Wildman–Crippen MR) is 130 cm³/mol. The van der Waals surface area contributed by atoms with Crippen molar-refractivity contribution in [3.8, 4) is 5.75 Å². The van der Waals surface area contributed by atoms with Crippen molar-refractivity contribution < 1.29 is 14.5 Å². The highest BCUT2D eigenvalue weighted by Crippen LogP contribution is 2.27. The Kier molecular flexibility index (Phi) is 7.67. The lowest BCUT2D eigenvalue weighted by atomic mass is 10.1. The van der Waals surface area contributed by atoms with Gasteiger partial charge in [0.15, 0.2) is 6.61 Å². The maximum atomic E-state index is 12.5. The number of carbonyl (C=O) groups excluding carboxylic acids is 1. The quantitative estimate of drug-likeness (QED) is 0.385. The summed E-state index contributed by atoms with van der Waals surface area (Å²) in [5.41, 5.74) is 2.90. The van der Waals surface area contributed by atoms with E-state index in [1.54, 1.807) is 6.07 Å². The molecule has 34 heavy (non-hydrogen) atoms. The molecule has 1 fully saturated rings. The van der Waals surface area contributed by atoms with E-state index >= 15 is 0 Å². The standard InChI is InChI=1S/C25H27N5O4/c31-25(19-34-22-5-3-4-21(18-22)30(32)33)27-23-6-1-2-7-24(23)29-16-14-28(15-17-29)13-10-20-8-11-26-12-9-20/h1-9,11-12,18H,10,13-17,19H2,(H,27,31). The summed E-state index contributed by atoms with van der Waals surface area (Å²) in [6.45, 7) is 4.40. The minimum absolute atomic E-state index is 0.0804. The zero-order valence-electron chi connectivity index (χ0n) is 18.8. The van der Waals surface area contributed by atoms with E-state index in [1.807, 2.05) is 36.7 Å². The van der Waals surface area contributed by atoms with Crippen LogP contribution in [0.5, 0.6) is 5.75 Å². The van der Waals surface area contributed by atoms with Gasteiger partial charge in [-0.15, -0.1) is 0 Å². The second-order valence-corrected chi connectivity index (χ2v) is 8.04. The van der Waals surface area contributed by atoms with Gasteiger partial charge in [-0.2, -0.15) is 0 Å². The molecule has 0 radical (unpaired) electrons. The summed E-state index contributed by atoms with van der Waals surface area (Å²) in [5.74, 6) is -0.0459. The third-order valence-electron chi connectivity index (χ3n) is 5.76. The van der Waals surface area contributed by atoms with E-state index in [0.717, 1.165) is 50.5 Å². The lowest BCUT2D eigenvalue weighted by molar-refractivity contribution is -0.384. The molecule has 1 N–H and O–H groups in total. The number of pyridine rings is 1. The van der Waals surface area contributed by atoms with Crippen molar-refractivity contribution in [2.24, 2.45) is 0 Å². The molecule has 0 unspecified atom stereocenters. The number of nitro groups is 1. The molecule has 9 nitrogen and oxygen atoms in total. The molecule has 2 heterocycles. The maximum absolute atomic E-state index is 12.5. The van der Waals surface area contributed by atoms with Gasteiger partial charge in [0.1, 0.15) is 5.75 Å². The van der Waals surface area contributed by atoms with Crippen molar-refractivity contribution in [3.05, 3.63) is 88.7 Å². The number of hydrogen-bond donors (Lipinski definition) is 1. The summed E-state index contributed by atoms with van der Waals surface area (Å²) in [4.78, 5) is 31.7. The van der Waals surface area contributed by atoms with Crippen LogP contribution in [-0.4, -0.2) is 60.0 Å². The van der Waals surface area contributed by atoms with Crippen LogP contribution in [-0.2, 0) is 11.2 Å². The number of rotatable bonds is 9. The normalized spacial score (nSPS) is 13.9. The van der Waals surface area contributed by atoms with Gasteiger partial charge in [-0.3, -0.25) is 24.8 Å². The minimum Gasteiger partial charge on any atom is -0.484 e. The lowest BCUT2D eigenvalue weighted by Crippen LogP contribution is -2.47. The van der Waals surface area contributed by atoms with Gasteiger partial charge in [-0.05, 0) is 42.3 Å². The molecule has 176 valence electrons. The van der Waals surface area contributed by atoms with Crippen LogP contribution < -0.4 is 15.0 Å². The molecule has 0 bridgehead atoms. The zero-order valence-corrected chi connectivity index (χ0v) is 18.8. The Balaban J connectivity index is 1.29. The summed E-state index contributed by atoms with van der Waals surface area (Å²) >= 11 is 0. The predicted octanol–water partition coefficient (Wildman–Crippen LogP) is 3.37. The van der Waals surface area contributed by atoms with Crippen LogP contribution in [0, 0.1) is 10.1 Å². The van der Waals surface area contributed by atoms with Crippen LogP contribution in [0.15, 0.2) is 73.1 Å². The van der Waals surface area contributed by atoms with E-state index in [4.69, 9.17) is 4.74 Å². The molecule has 1 aliphatic heterocycles. The van der Waals surface area contributed by atoms with Gasteiger partial charge in [0.2, 0.25) is 0 Å². The molecular weight excluding hydrogens is 434 g/mol. The van der Waals surface area contributed by atoms with E-state index in [1.165, 1.54) is 23.8 Å². The molecule has 4 rings (SSSR count). The third-order valence-corrected chi connectivity index (χ3v) is 5.76. The monoisotopic (exact) mass is 461 g/mol. The van der Waals surface area contributed by atoms with Crippen LogP contribution in [0.1, 0.15) is 5.56 Å². The zero-order chi connectivity index (χ0) is 23.8. The number of anilines is 2. The number of piperazine rings is 1. The highest BCUT2D eigenvalue weighted by molar-refractivity contribution is 5.95. The van der Waals surface area contributed by atoms with Gasteiger partial charge in [-0.1, -0.05) is 18.2 Å². The summed E-state index contributed by atoms with van der Waals surface area (Å²) in [6, 6.07) is 17.6. The van der Waals surface area contributed by atoms with Crippen molar-refractivity contribution in [1.82, 2.24) is 9.88 Å². The Hall–Kier alpha value is -3.98. The molecule has 9 heteroatoms. The number of amides is 1. The molecule has 1 aliphatic rings. The summed E-state index contributed by atoms with van der Waals surface area (Å²) in [7, 11) is 0. The first-order valence-corrected chi connectivity index (χ1v) is 11.2. The first-order valence-electron chi connectivity index (χ1n) is 11.2. The Morgan fingerprint density at radius 2 is 1.79 bits per heavy atom. The fourth-order valence-electron chi connectivity index (χ4n) is 3.93. The number of nitrogens with one attached hydrogen (secondary N) is 1. The molecule has 2 aromatic carbocycles. The average molecular weight is 462 g/mol. The van der Waals surface area contributed by atoms with Gasteiger partial charge in [0.25, 0.3) is 11.6 Å². The fourth-order valence-corrected chi connectivity index (χ4v) is 3.93. The van der Waals surface area contributed by atoms with Gasteiger partial charge in [0.05, 0.1) is 22.4 Å². The van der Waals surface area contributed by atoms with E-state index in [9.17, 15) is 14.9 Å². The van der Waals surface area contributed by atoms with Crippen LogP contribution in [0.3, 0.4) is 0 Å². The SMILES string of the molecule is O=C(COc1cccc([N+](=O)[O-])c1)Nc1ccccc1N1CCN(CCc2ccncc2)CC1. The Morgan fingerprint density at radius 3 is 2.56 bits per heavy atom. The second-order valence-electron chi connectivity index (χ2n) is 8.04. The van der Waals surface area contributed by atoms with E-state index in [2.05, 4.69) is 32.2 Å². The largest absolute Gasteiger partial charge is 0.484 e. The molecule has 1 amide bonds. The smallest absolute Gasteiger partial charge is 0.273 e. The number of hydrogen-bond acceptors (Lipinski definition) is 7. The Labute approximate surface area is 198 Å².